The molecule has 0 aliphatic carbocycles. The molecule has 1 aromatic carbocycles. The van der Waals surface area contributed by atoms with E-state index in [1.54, 1.807) is 0 Å². The van der Waals surface area contributed by atoms with Gasteiger partial charge in [0.05, 0.1) is 0 Å². The summed E-state index contributed by atoms with van der Waals surface area (Å²) >= 11 is 0. The highest BCUT2D eigenvalue weighted by molar-refractivity contribution is 5.77. The maximum atomic E-state index is 12.7. The standard InChI is InChI=1S/C15H22FNO2/c1-3-4-5-6-12(2)17-15(18)11-19-14-9-7-13(16)8-10-14/h7-10,12H,3-6,11H2,1-2H3,(H,17,18). The number of benzene rings is 1. The number of ether oxygens (including phenoxy) is 1. The van der Waals surface area contributed by atoms with E-state index in [2.05, 4.69) is 12.2 Å². The maximum Gasteiger partial charge on any atom is 0.258 e. The maximum absolute atomic E-state index is 12.7. The number of hydrogen-bond acceptors (Lipinski definition) is 2. The number of unbranched alkanes of at least 4 members (excludes halogenated alkanes) is 2. The van der Waals surface area contributed by atoms with Gasteiger partial charge >= 0.3 is 0 Å². The van der Waals surface area contributed by atoms with Crippen LogP contribution in [0.1, 0.15) is 39.5 Å². The zero-order valence-electron chi connectivity index (χ0n) is 11.6. The molecule has 0 heterocycles. The summed E-state index contributed by atoms with van der Waals surface area (Å²) < 4.78 is 17.9. The zero-order chi connectivity index (χ0) is 14.1. The number of rotatable bonds is 8. The first-order valence-corrected chi connectivity index (χ1v) is 6.79. The lowest BCUT2D eigenvalue weighted by atomic mass is 10.1. The van der Waals surface area contributed by atoms with E-state index in [0.29, 0.717) is 5.75 Å². The Morgan fingerprint density at radius 3 is 2.63 bits per heavy atom. The largest absolute Gasteiger partial charge is 0.484 e. The molecule has 1 atom stereocenters. The lowest BCUT2D eigenvalue weighted by Crippen LogP contribution is -2.36. The SMILES string of the molecule is CCCCCC(C)NC(=O)COc1ccc(F)cc1. The molecule has 1 N–H and O–H groups in total. The van der Waals surface area contributed by atoms with Crippen molar-refractivity contribution < 1.29 is 13.9 Å². The third-order valence-corrected chi connectivity index (χ3v) is 2.83. The highest BCUT2D eigenvalue weighted by Crippen LogP contribution is 2.10. The van der Waals surface area contributed by atoms with Gasteiger partial charge in [0, 0.05) is 6.04 Å². The van der Waals surface area contributed by atoms with Crippen molar-refractivity contribution in [2.75, 3.05) is 6.61 Å². The molecule has 0 saturated carbocycles. The van der Waals surface area contributed by atoms with Crippen molar-refractivity contribution in [1.29, 1.82) is 0 Å². The Labute approximate surface area is 114 Å². The minimum absolute atomic E-state index is 0.0379. The lowest BCUT2D eigenvalue weighted by molar-refractivity contribution is -0.123. The summed E-state index contributed by atoms with van der Waals surface area (Å²) in [7, 11) is 0. The molecule has 0 aliphatic heterocycles. The molecule has 1 amide bonds. The van der Waals surface area contributed by atoms with E-state index in [1.807, 2.05) is 6.92 Å². The number of carbonyl (C=O) groups is 1. The minimum atomic E-state index is -0.318. The summed E-state index contributed by atoms with van der Waals surface area (Å²) in [6.45, 7) is 4.11. The molecule has 0 spiro atoms. The van der Waals surface area contributed by atoms with Gasteiger partial charge in [0.25, 0.3) is 5.91 Å². The van der Waals surface area contributed by atoms with E-state index in [1.165, 1.54) is 37.1 Å². The predicted molar refractivity (Wildman–Crippen MR) is 73.6 cm³/mol. The Balaban J connectivity index is 2.22. The molecular formula is C15H22FNO2. The highest BCUT2D eigenvalue weighted by Gasteiger charge is 2.07. The topological polar surface area (TPSA) is 38.3 Å². The lowest BCUT2D eigenvalue weighted by Gasteiger charge is -2.14. The van der Waals surface area contributed by atoms with E-state index >= 15 is 0 Å². The fourth-order valence-electron chi connectivity index (χ4n) is 1.77. The molecule has 3 nitrogen and oxygen atoms in total. The highest BCUT2D eigenvalue weighted by atomic mass is 19.1. The molecule has 1 unspecified atom stereocenters. The van der Waals surface area contributed by atoms with Crippen LogP contribution in [0.15, 0.2) is 24.3 Å². The van der Waals surface area contributed by atoms with E-state index in [-0.39, 0.29) is 24.4 Å². The summed E-state index contributed by atoms with van der Waals surface area (Å²) in [5.41, 5.74) is 0. The van der Waals surface area contributed by atoms with Gasteiger partial charge in [-0.25, -0.2) is 4.39 Å². The summed E-state index contributed by atoms with van der Waals surface area (Å²) in [6.07, 6.45) is 4.47. The molecule has 4 heteroatoms. The van der Waals surface area contributed by atoms with Gasteiger partial charge in [-0.15, -0.1) is 0 Å². The Morgan fingerprint density at radius 1 is 1.32 bits per heavy atom. The number of halogens is 1. The Kier molecular flexibility index (Phi) is 6.93. The second-order valence-corrected chi connectivity index (χ2v) is 4.71. The van der Waals surface area contributed by atoms with Crippen molar-refractivity contribution in [3.8, 4) is 5.75 Å². The van der Waals surface area contributed by atoms with Crippen molar-refractivity contribution >= 4 is 5.91 Å². The third-order valence-electron chi connectivity index (χ3n) is 2.83. The first-order chi connectivity index (χ1) is 9.11. The number of hydrogen-bond donors (Lipinski definition) is 1. The van der Waals surface area contributed by atoms with E-state index in [4.69, 9.17) is 4.74 Å². The second kappa shape index (κ2) is 8.51. The van der Waals surface area contributed by atoms with Crippen molar-refractivity contribution in [2.45, 2.75) is 45.6 Å². The Bertz CT molecular complexity index is 378. The van der Waals surface area contributed by atoms with Gasteiger partial charge in [-0.05, 0) is 37.6 Å². The molecule has 19 heavy (non-hydrogen) atoms. The normalized spacial score (nSPS) is 11.9. The average Bonchev–Trinajstić information content (AvgIpc) is 2.38. The van der Waals surface area contributed by atoms with Crippen LogP contribution in [0.2, 0.25) is 0 Å². The fraction of sp³-hybridized carbons (Fsp3) is 0.533. The van der Waals surface area contributed by atoms with E-state index in [0.717, 1.165) is 12.8 Å². The summed E-state index contributed by atoms with van der Waals surface area (Å²) in [4.78, 5) is 11.6. The summed E-state index contributed by atoms with van der Waals surface area (Å²) in [5, 5.41) is 2.88. The Hall–Kier alpha value is -1.58. The molecule has 106 valence electrons. The van der Waals surface area contributed by atoms with Crippen LogP contribution in [0.25, 0.3) is 0 Å². The van der Waals surface area contributed by atoms with Gasteiger partial charge in [-0.1, -0.05) is 26.2 Å². The predicted octanol–water partition coefficient (Wildman–Crippen LogP) is 3.29. The number of amides is 1. The molecule has 0 radical (unpaired) electrons. The molecule has 0 aliphatic rings. The van der Waals surface area contributed by atoms with Crippen LogP contribution < -0.4 is 10.1 Å². The quantitative estimate of drug-likeness (QED) is 0.734. The average molecular weight is 267 g/mol. The molecule has 1 rings (SSSR count). The van der Waals surface area contributed by atoms with E-state index < -0.39 is 0 Å². The first-order valence-electron chi connectivity index (χ1n) is 6.79. The van der Waals surface area contributed by atoms with Crippen LogP contribution >= 0.6 is 0 Å². The van der Waals surface area contributed by atoms with Crippen LogP contribution in [-0.4, -0.2) is 18.6 Å². The molecule has 0 fully saturated rings. The Morgan fingerprint density at radius 2 is 2.00 bits per heavy atom. The third kappa shape index (κ3) is 6.79. The molecule has 0 aromatic heterocycles. The molecule has 0 bridgehead atoms. The van der Waals surface area contributed by atoms with Crippen LogP contribution in [0.5, 0.6) is 5.75 Å². The van der Waals surface area contributed by atoms with Crippen LogP contribution in [-0.2, 0) is 4.79 Å². The van der Waals surface area contributed by atoms with Gasteiger partial charge in [0.1, 0.15) is 11.6 Å². The molecule has 0 saturated heterocycles. The number of carbonyl (C=O) groups excluding carboxylic acids is 1. The van der Waals surface area contributed by atoms with Crippen LogP contribution in [0, 0.1) is 5.82 Å². The number of nitrogens with one attached hydrogen (secondary N) is 1. The minimum Gasteiger partial charge on any atom is -0.484 e. The first kappa shape index (κ1) is 15.5. The summed E-state index contributed by atoms with van der Waals surface area (Å²) in [6, 6.07) is 5.79. The van der Waals surface area contributed by atoms with Crippen LogP contribution in [0.3, 0.4) is 0 Å². The van der Waals surface area contributed by atoms with Crippen molar-refractivity contribution in [2.24, 2.45) is 0 Å². The zero-order valence-corrected chi connectivity index (χ0v) is 11.6. The van der Waals surface area contributed by atoms with Gasteiger partial charge in [0.2, 0.25) is 0 Å². The molecular weight excluding hydrogens is 245 g/mol. The van der Waals surface area contributed by atoms with Gasteiger partial charge in [0.15, 0.2) is 6.61 Å². The monoisotopic (exact) mass is 267 g/mol. The van der Waals surface area contributed by atoms with Crippen molar-refractivity contribution in [1.82, 2.24) is 5.32 Å². The van der Waals surface area contributed by atoms with Gasteiger partial charge in [-0.3, -0.25) is 4.79 Å². The smallest absolute Gasteiger partial charge is 0.258 e. The second-order valence-electron chi connectivity index (χ2n) is 4.71. The molecule has 1 aromatic rings. The van der Waals surface area contributed by atoms with Gasteiger partial charge < -0.3 is 10.1 Å². The van der Waals surface area contributed by atoms with Gasteiger partial charge in [-0.2, -0.15) is 0 Å². The van der Waals surface area contributed by atoms with Crippen molar-refractivity contribution in [3.63, 3.8) is 0 Å². The summed E-state index contributed by atoms with van der Waals surface area (Å²) in [5.74, 6) is 0.0323. The van der Waals surface area contributed by atoms with Crippen LogP contribution in [0.4, 0.5) is 4.39 Å². The fourth-order valence-corrected chi connectivity index (χ4v) is 1.77. The van der Waals surface area contributed by atoms with Crippen molar-refractivity contribution in [3.05, 3.63) is 30.1 Å². The van der Waals surface area contributed by atoms with E-state index in [9.17, 15) is 9.18 Å².